The quantitative estimate of drug-likeness (QED) is 0.728. The lowest BCUT2D eigenvalue weighted by molar-refractivity contribution is 0.0952. The van der Waals surface area contributed by atoms with E-state index in [0.29, 0.717) is 16.3 Å². The first-order valence-corrected chi connectivity index (χ1v) is 8.52. The van der Waals surface area contributed by atoms with Gasteiger partial charge in [-0.25, -0.2) is 4.68 Å². The number of pyridine rings is 1. The van der Waals surface area contributed by atoms with Crippen LogP contribution < -0.4 is 10.9 Å². The SMILES string of the molecule is O=C(NCCn1nc(-c2cccnc2)ccc1=O)c1ccc(Cl)cc1Cl. The third-order valence-electron chi connectivity index (χ3n) is 3.61. The number of rotatable bonds is 5. The molecule has 0 saturated carbocycles. The molecule has 1 aromatic carbocycles. The van der Waals surface area contributed by atoms with Crippen LogP contribution in [0.2, 0.25) is 10.0 Å². The van der Waals surface area contributed by atoms with Crippen molar-refractivity contribution in [3.63, 3.8) is 0 Å². The molecule has 1 amide bonds. The fourth-order valence-corrected chi connectivity index (χ4v) is 2.82. The summed E-state index contributed by atoms with van der Waals surface area (Å²) >= 11 is 11.8. The summed E-state index contributed by atoms with van der Waals surface area (Å²) in [5, 5.41) is 7.75. The van der Waals surface area contributed by atoms with Gasteiger partial charge in [-0.1, -0.05) is 23.2 Å². The third-order valence-corrected chi connectivity index (χ3v) is 4.16. The Morgan fingerprint density at radius 3 is 2.73 bits per heavy atom. The maximum Gasteiger partial charge on any atom is 0.266 e. The monoisotopic (exact) mass is 388 g/mol. The van der Waals surface area contributed by atoms with E-state index in [9.17, 15) is 9.59 Å². The molecule has 8 heteroatoms. The van der Waals surface area contributed by atoms with Crippen molar-refractivity contribution in [1.29, 1.82) is 0 Å². The molecule has 2 heterocycles. The van der Waals surface area contributed by atoms with Gasteiger partial charge in [-0.2, -0.15) is 5.10 Å². The van der Waals surface area contributed by atoms with Crippen molar-refractivity contribution >= 4 is 29.1 Å². The summed E-state index contributed by atoms with van der Waals surface area (Å²) in [6.07, 6.45) is 3.33. The normalized spacial score (nSPS) is 10.5. The third kappa shape index (κ3) is 4.28. The molecule has 6 nitrogen and oxygen atoms in total. The van der Waals surface area contributed by atoms with Crippen molar-refractivity contribution in [3.05, 3.63) is 80.8 Å². The van der Waals surface area contributed by atoms with Gasteiger partial charge in [0.2, 0.25) is 0 Å². The largest absolute Gasteiger partial charge is 0.350 e. The molecule has 0 spiro atoms. The minimum Gasteiger partial charge on any atom is -0.350 e. The number of hydrogen-bond donors (Lipinski definition) is 1. The summed E-state index contributed by atoms with van der Waals surface area (Å²) in [5.41, 5.74) is 1.50. The van der Waals surface area contributed by atoms with Crippen LogP contribution in [0, 0.1) is 0 Å². The fraction of sp³-hybridized carbons (Fsp3) is 0.111. The van der Waals surface area contributed by atoms with E-state index in [-0.39, 0.29) is 29.6 Å². The van der Waals surface area contributed by atoms with Crippen molar-refractivity contribution in [2.75, 3.05) is 6.54 Å². The molecular weight excluding hydrogens is 375 g/mol. The van der Waals surface area contributed by atoms with Gasteiger partial charge in [0.1, 0.15) is 0 Å². The highest BCUT2D eigenvalue weighted by Gasteiger charge is 2.10. The van der Waals surface area contributed by atoms with Crippen molar-refractivity contribution in [2.24, 2.45) is 0 Å². The lowest BCUT2D eigenvalue weighted by atomic mass is 10.2. The Hall–Kier alpha value is -2.70. The van der Waals surface area contributed by atoms with Crippen LogP contribution in [0.4, 0.5) is 0 Å². The lowest BCUT2D eigenvalue weighted by Gasteiger charge is -2.09. The summed E-state index contributed by atoms with van der Waals surface area (Å²) in [4.78, 5) is 28.2. The van der Waals surface area contributed by atoms with Gasteiger partial charge < -0.3 is 5.32 Å². The molecule has 3 rings (SSSR count). The number of hydrogen-bond acceptors (Lipinski definition) is 4. The second kappa shape index (κ2) is 8.12. The van der Waals surface area contributed by atoms with Gasteiger partial charge in [0, 0.05) is 35.6 Å². The Morgan fingerprint density at radius 2 is 2.00 bits per heavy atom. The minimum atomic E-state index is -0.344. The minimum absolute atomic E-state index is 0.223. The molecule has 0 unspecified atom stereocenters. The first kappa shape index (κ1) is 18.1. The molecule has 0 saturated heterocycles. The topological polar surface area (TPSA) is 76.9 Å². The van der Waals surface area contributed by atoms with Crippen LogP contribution in [0.1, 0.15) is 10.4 Å². The summed E-state index contributed by atoms with van der Waals surface area (Å²) in [7, 11) is 0. The molecule has 0 fully saturated rings. The summed E-state index contributed by atoms with van der Waals surface area (Å²) in [6.45, 7) is 0.449. The molecule has 0 atom stereocenters. The Morgan fingerprint density at radius 1 is 1.15 bits per heavy atom. The highest BCUT2D eigenvalue weighted by atomic mass is 35.5. The summed E-state index contributed by atoms with van der Waals surface area (Å²) in [5.74, 6) is -0.344. The fourth-order valence-electron chi connectivity index (χ4n) is 2.32. The molecule has 1 N–H and O–H groups in total. The predicted molar refractivity (Wildman–Crippen MR) is 101 cm³/mol. The highest BCUT2D eigenvalue weighted by molar-refractivity contribution is 6.36. The molecule has 2 aromatic heterocycles. The van der Waals surface area contributed by atoms with E-state index in [1.165, 1.54) is 16.8 Å². The summed E-state index contributed by atoms with van der Waals surface area (Å²) < 4.78 is 1.30. The van der Waals surface area contributed by atoms with E-state index in [2.05, 4.69) is 15.4 Å². The van der Waals surface area contributed by atoms with Crippen LogP contribution >= 0.6 is 23.2 Å². The van der Waals surface area contributed by atoms with Gasteiger partial charge >= 0.3 is 0 Å². The summed E-state index contributed by atoms with van der Waals surface area (Å²) in [6, 6.07) is 11.4. The highest BCUT2D eigenvalue weighted by Crippen LogP contribution is 2.20. The predicted octanol–water partition coefficient (Wildman–Crippen LogP) is 3.04. The van der Waals surface area contributed by atoms with E-state index in [0.717, 1.165) is 5.56 Å². The zero-order valence-corrected chi connectivity index (χ0v) is 15.0. The second-order valence-electron chi connectivity index (χ2n) is 5.40. The zero-order chi connectivity index (χ0) is 18.5. The molecule has 132 valence electrons. The maximum atomic E-state index is 12.2. The van der Waals surface area contributed by atoms with Crippen LogP contribution in [-0.4, -0.2) is 27.2 Å². The van der Waals surface area contributed by atoms with Gasteiger partial charge in [0.15, 0.2) is 0 Å². The molecular formula is C18H14Cl2N4O2. The van der Waals surface area contributed by atoms with Gasteiger partial charge in [-0.3, -0.25) is 14.6 Å². The lowest BCUT2D eigenvalue weighted by Crippen LogP contribution is -2.32. The van der Waals surface area contributed by atoms with Crippen molar-refractivity contribution in [1.82, 2.24) is 20.1 Å². The standard InChI is InChI=1S/C18H14Cl2N4O2/c19-13-3-4-14(15(20)10-13)18(26)22-8-9-24-17(25)6-5-16(23-24)12-2-1-7-21-11-12/h1-7,10-11H,8-9H2,(H,22,26). The number of carbonyl (C=O) groups is 1. The number of halogens is 2. The number of nitrogens with zero attached hydrogens (tertiary/aromatic N) is 3. The first-order valence-electron chi connectivity index (χ1n) is 7.76. The Bertz CT molecular complexity index is 990. The van der Waals surface area contributed by atoms with Gasteiger partial charge in [0.05, 0.1) is 22.8 Å². The van der Waals surface area contributed by atoms with Gasteiger partial charge in [-0.15, -0.1) is 0 Å². The number of aromatic nitrogens is 3. The number of amides is 1. The van der Waals surface area contributed by atoms with Crippen molar-refractivity contribution < 1.29 is 4.79 Å². The Kier molecular flexibility index (Phi) is 5.65. The molecule has 26 heavy (non-hydrogen) atoms. The molecule has 0 radical (unpaired) electrons. The molecule has 3 aromatic rings. The van der Waals surface area contributed by atoms with Crippen LogP contribution in [0.3, 0.4) is 0 Å². The molecule has 0 bridgehead atoms. The molecule has 0 aliphatic rings. The van der Waals surface area contributed by atoms with Crippen LogP contribution in [0.5, 0.6) is 0 Å². The van der Waals surface area contributed by atoms with Gasteiger partial charge in [-0.05, 0) is 36.4 Å². The number of nitrogens with one attached hydrogen (secondary N) is 1. The smallest absolute Gasteiger partial charge is 0.266 e. The average Bonchev–Trinajstić information content (AvgIpc) is 2.64. The molecule has 0 aliphatic carbocycles. The van der Waals surface area contributed by atoms with E-state index >= 15 is 0 Å². The van der Waals surface area contributed by atoms with Crippen LogP contribution in [-0.2, 0) is 6.54 Å². The number of carbonyl (C=O) groups excluding carboxylic acids is 1. The van der Waals surface area contributed by atoms with Crippen LogP contribution in [0.15, 0.2) is 59.7 Å². The van der Waals surface area contributed by atoms with E-state index in [1.807, 2.05) is 6.07 Å². The van der Waals surface area contributed by atoms with E-state index in [1.54, 1.807) is 36.7 Å². The second-order valence-corrected chi connectivity index (χ2v) is 6.25. The van der Waals surface area contributed by atoms with Gasteiger partial charge in [0.25, 0.3) is 11.5 Å². The maximum absolute atomic E-state index is 12.2. The molecule has 0 aliphatic heterocycles. The van der Waals surface area contributed by atoms with E-state index < -0.39 is 0 Å². The zero-order valence-electron chi connectivity index (χ0n) is 13.5. The van der Waals surface area contributed by atoms with Crippen LogP contribution in [0.25, 0.3) is 11.3 Å². The number of benzene rings is 1. The first-order chi connectivity index (χ1) is 12.5. The van der Waals surface area contributed by atoms with Crippen molar-refractivity contribution in [2.45, 2.75) is 6.54 Å². The van der Waals surface area contributed by atoms with Crippen molar-refractivity contribution in [3.8, 4) is 11.3 Å². The van der Waals surface area contributed by atoms with E-state index in [4.69, 9.17) is 23.2 Å². The Balaban J connectivity index is 1.68. The average molecular weight is 389 g/mol. The Labute approximate surface area is 159 Å².